The molecular weight excluding hydrogens is 254 g/mol. The predicted molar refractivity (Wildman–Crippen MR) is 66.4 cm³/mol. The molecule has 1 aromatic carbocycles. The molecule has 2 aliphatic heterocycles. The molecule has 5 nitrogen and oxygen atoms in total. The van der Waals surface area contributed by atoms with Crippen LogP contribution in [0.5, 0.6) is 0 Å². The number of carbonyl (C=O) groups is 2. The van der Waals surface area contributed by atoms with Crippen LogP contribution in [0.4, 0.5) is 0 Å². The molecule has 1 fully saturated rings. The lowest BCUT2D eigenvalue weighted by molar-refractivity contribution is -0.137. The Morgan fingerprint density at radius 2 is 2.11 bits per heavy atom. The first-order valence-corrected chi connectivity index (χ1v) is 5.97. The van der Waals surface area contributed by atoms with Gasteiger partial charge in [0, 0.05) is 11.6 Å². The van der Waals surface area contributed by atoms with Gasteiger partial charge < -0.3 is 0 Å². The number of hydrogen-bond acceptors (Lipinski definition) is 3. The van der Waals surface area contributed by atoms with Crippen molar-refractivity contribution in [3.05, 3.63) is 34.9 Å². The molecule has 0 bridgehead atoms. The minimum absolute atomic E-state index is 0.261. The Morgan fingerprint density at radius 1 is 1.33 bits per heavy atom. The summed E-state index contributed by atoms with van der Waals surface area (Å²) in [4.78, 5) is 29.9. The molecule has 0 aliphatic carbocycles. The lowest BCUT2D eigenvalue weighted by Crippen LogP contribution is -2.55. The van der Waals surface area contributed by atoms with Gasteiger partial charge in [-0.2, -0.15) is 0 Å². The highest BCUT2D eigenvalue weighted by Crippen LogP contribution is 2.29. The second-order valence-corrected chi connectivity index (χ2v) is 4.55. The van der Waals surface area contributed by atoms with Gasteiger partial charge in [-0.15, -0.1) is 0 Å². The minimum atomic E-state index is -0.879. The Hall–Kier alpha value is -1.88. The second-order valence-electron chi connectivity index (χ2n) is 4.14. The van der Waals surface area contributed by atoms with Crippen LogP contribution < -0.4 is 5.32 Å². The van der Waals surface area contributed by atoms with Crippen molar-refractivity contribution >= 4 is 29.4 Å². The Balaban J connectivity index is 2.02. The summed E-state index contributed by atoms with van der Waals surface area (Å²) in [6.07, 6.45) is 0. The van der Waals surface area contributed by atoms with Crippen LogP contribution in [0.25, 0.3) is 0 Å². The molecule has 2 amide bonds. The molecule has 6 heteroatoms. The van der Waals surface area contributed by atoms with E-state index in [1.165, 1.54) is 4.90 Å². The maximum atomic E-state index is 12.3. The summed E-state index contributed by atoms with van der Waals surface area (Å²) in [5, 5.41) is 3.06. The number of nitrogens with one attached hydrogen (secondary N) is 1. The van der Waals surface area contributed by atoms with Crippen molar-refractivity contribution < 1.29 is 9.59 Å². The third kappa shape index (κ3) is 1.59. The number of aliphatic imine (C=N–C) groups is 1. The quantitative estimate of drug-likeness (QED) is 0.760. The Labute approximate surface area is 108 Å². The normalized spacial score (nSPS) is 22.6. The van der Waals surface area contributed by atoms with Gasteiger partial charge in [-0.3, -0.25) is 24.8 Å². The molecule has 3 rings (SSSR count). The molecule has 0 aromatic heterocycles. The van der Waals surface area contributed by atoms with Crippen molar-refractivity contribution in [2.75, 3.05) is 13.1 Å². The highest BCUT2D eigenvalue weighted by molar-refractivity contribution is 6.32. The number of benzene rings is 1. The van der Waals surface area contributed by atoms with Gasteiger partial charge in [-0.05, 0) is 11.6 Å². The standard InChI is InChI=1S/C12H10ClN3O2/c13-8-4-2-1-3-7(8)9-10(17)15-12-14-5-6-16(12)11(9)18/h1-4,9H,5-6H2,(H,14,15,17). The van der Waals surface area contributed by atoms with E-state index in [0.29, 0.717) is 29.6 Å². The van der Waals surface area contributed by atoms with E-state index in [1.807, 2.05) is 0 Å². The zero-order chi connectivity index (χ0) is 12.7. The maximum absolute atomic E-state index is 12.3. The Morgan fingerprint density at radius 3 is 2.89 bits per heavy atom. The lowest BCUT2D eigenvalue weighted by Gasteiger charge is -2.29. The Kier molecular flexibility index (Phi) is 2.56. The van der Waals surface area contributed by atoms with Crippen LogP contribution in [0.3, 0.4) is 0 Å². The second kappa shape index (κ2) is 4.10. The van der Waals surface area contributed by atoms with Crippen molar-refractivity contribution in [2.45, 2.75) is 5.92 Å². The summed E-state index contributed by atoms with van der Waals surface area (Å²) < 4.78 is 0. The van der Waals surface area contributed by atoms with E-state index in [2.05, 4.69) is 10.3 Å². The number of amides is 2. The van der Waals surface area contributed by atoms with Crippen LogP contribution in [-0.4, -0.2) is 35.8 Å². The fourth-order valence-corrected chi connectivity index (χ4v) is 2.45. The third-order valence-electron chi connectivity index (χ3n) is 3.07. The number of hydrogen-bond donors (Lipinski definition) is 1. The van der Waals surface area contributed by atoms with Crippen LogP contribution in [0.2, 0.25) is 5.02 Å². The third-order valence-corrected chi connectivity index (χ3v) is 3.41. The van der Waals surface area contributed by atoms with E-state index in [9.17, 15) is 9.59 Å². The van der Waals surface area contributed by atoms with E-state index < -0.39 is 5.92 Å². The first-order chi connectivity index (χ1) is 8.68. The number of nitrogens with zero attached hydrogens (tertiary/aromatic N) is 2. The molecule has 18 heavy (non-hydrogen) atoms. The van der Waals surface area contributed by atoms with Gasteiger partial charge in [0.2, 0.25) is 17.8 Å². The summed E-state index contributed by atoms with van der Waals surface area (Å²) in [6, 6.07) is 6.89. The van der Waals surface area contributed by atoms with Gasteiger partial charge in [0.25, 0.3) is 0 Å². The summed E-state index contributed by atoms with van der Waals surface area (Å²) in [7, 11) is 0. The van der Waals surface area contributed by atoms with E-state index in [4.69, 9.17) is 11.6 Å². The van der Waals surface area contributed by atoms with Crippen LogP contribution in [0, 0.1) is 0 Å². The fourth-order valence-electron chi connectivity index (χ4n) is 2.20. The monoisotopic (exact) mass is 263 g/mol. The Bertz CT molecular complexity index is 570. The number of guanidine groups is 1. The molecule has 2 heterocycles. The van der Waals surface area contributed by atoms with Gasteiger partial charge >= 0.3 is 0 Å². The predicted octanol–water partition coefficient (Wildman–Crippen LogP) is 0.752. The molecule has 0 radical (unpaired) electrons. The van der Waals surface area contributed by atoms with Crippen molar-refractivity contribution in [3.8, 4) is 0 Å². The number of halogens is 1. The van der Waals surface area contributed by atoms with Crippen molar-refractivity contribution in [2.24, 2.45) is 4.99 Å². The highest BCUT2D eigenvalue weighted by atomic mass is 35.5. The van der Waals surface area contributed by atoms with Crippen LogP contribution >= 0.6 is 11.6 Å². The van der Waals surface area contributed by atoms with Crippen molar-refractivity contribution in [3.63, 3.8) is 0 Å². The smallest absolute Gasteiger partial charge is 0.246 e. The molecule has 1 unspecified atom stereocenters. The zero-order valence-corrected chi connectivity index (χ0v) is 10.1. The average Bonchev–Trinajstić information content (AvgIpc) is 2.79. The molecule has 92 valence electrons. The van der Waals surface area contributed by atoms with Gasteiger partial charge in [0.15, 0.2) is 0 Å². The van der Waals surface area contributed by atoms with Crippen LogP contribution in [-0.2, 0) is 9.59 Å². The topological polar surface area (TPSA) is 61.8 Å². The zero-order valence-electron chi connectivity index (χ0n) is 9.39. The van der Waals surface area contributed by atoms with Gasteiger partial charge in [-0.25, -0.2) is 0 Å². The van der Waals surface area contributed by atoms with Crippen LogP contribution in [0.15, 0.2) is 29.3 Å². The van der Waals surface area contributed by atoms with E-state index >= 15 is 0 Å². The van der Waals surface area contributed by atoms with E-state index in [1.54, 1.807) is 24.3 Å². The van der Waals surface area contributed by atoms with E-state index in [-0.39, 0.29) is 11.8 Å². The molecule has 1 atom stereocenters. The molecule has 0 saturated carbocycles. The summed E-state index contributed by atoms with van der Waals surface area (Å²) in [5.74, 6) is -1.16. The number of rotatable bonds is 1. The van der Waals surface area contributed by atoms with Crippen molar-refractivity contribution in [1.82, 2.24) is 10.2 Å². The SMILES string of the molecule is O=C1NC2=NCCN2C(=O)C1c1ccccc1Cl. The molecule has 2 aliphatic rings. The highest BCUT2D eigenvalue weighted by Gasteiger charge is 2.42. The largest absolute Gasteiger partial charge is 0.295 e. The summed E-state index contributed by atoms with van der Waals surface area (Å²) in [5.41, 5.74) is 0.535. The maximum Gasteiger partial charge on any atom is 0.246 e. The molecule has 1 aromatic rings. The first kappa shape index (κ1) is 11.2. The summed E-state index contributed by atoms with van der Waals surface area (Å²) >= 11 is 6.05. The lowest BCUT2D eigenvalue weighted by atomic mass is 9.95. The fraction of sp³-hybridized carbons (Fsp3) is 0.250. The average molecular weight is 264 g/mol. The van der Waals surface area contributed by atoms with Crippen molar-refractivity contribution in [1.29, 1.82) is 0 Å². The van der Waals surface area contributed by atoms with Gasteiger partial charge in [0.05, 0.1) is 6.54 Å². The molecule has 0 spiro atoms. The summed E-state index contributed by atoms with van der Waals surface area (Å²) in [6.45, 7) is 1.03. The number of carbonyl (C=O) groups excluding carboxylic acids is 2. The van der Waals surface area contributed by atoms with Gasteiger partial charge in [-0.1, -0.05) is 29.8 Å². The minimum Gasteiger partial charge on any atom is -0.295 e. The van der Waals surface area contributed by atoms with E-state index in [0.717, 1.165) is 0 Å². The van der Waals surface area contributed by atoms with Gasteiger partial charge in [0.1, 0.15) is 5.92 Å². The first-order valence-electron chi connectivity index (χ1n) is 5.59. The molecular formula is C12H10ClN3O2. The van der Waals surface area contributed by atoms with Crippen LogP contribution in [0.1, 0.15) is 11.5 Å². The molecule has 1 saturated heterocycles. The number of fused-ring (bicyclic) bond motifs is 1. The molecule has 1 N–H and O–H groups in total.